The zero-order valence-electron chi connectivity index (χ0n) is 19.0. The van der Waals surface area contributed by atoms with Crippen molar-refractivity contribution in [1.29, 1.82) is 0 Å². The molecule has 4 rings (SSSR count). The van der Waals surface area contributed by atoms with Crippen molar-refractivity contribution < 1.29 is 14.5 Å². The van der Waals surface area contributed by atoms with E-state index in [0.29, 0.717) is 17.1 Å². The second kappa shape index (κ2) is 9.56. The minimum absolute atomic E-state index is 0.0591. The predicted molar refractivity (Wildman–Crippen MR) is 132 cm³/mol. The van der Waals surface area contributed by atoms with Crippen LogP contribution in [-0.4, -0.2) is 26.2 Å². The molecular weight excluding hydrogens is 452 g/mol. The number of hydrogen-bond acceptors (Lipinski definition) is 6. The summed E-state index contributed by atoms with van der Waals surface area (Å²) >= 11 is 1.34. The third-order valence-corrected chi connectivity index (χ3v) is 5.96. The summed E-state index contributed by atoms with van der Waals surface area (Å²) in [4.78, 5) is 29.0. The lowest BCUT2D eigenvalue weighted by Gasteiger charge is -2.19. The molecule has 0 aliphatic carbocycles. The number of para-hydroxylation sites is 1. The van der Waals surface area contributed by atoms with Gasteiger partial charge >= 0.3 is 6.09 Å². The molecule has 4 aromatic rings. The lowest BCUT2D eigenvalue weighted by molar-refractivity contribution is -0.387. The Bertz CT molecular complexity index is 1350. The fourth-order valence-corrected chi connectivity index (χ4v) is 4.56. The molecule has 0 spiro atoms. The Balaban J connectivity index is 1.73. The number of nitro benzene ring substituents is 1. The van der Waals surface area contributed by atoms with Gasteiger partial charge in [0.2, 0.25) is 0 Å². The van der Waals surface area contributed by atoms with Crippen molar-refractivity contribution in [3.63, 3.8) is 0 Å². The predicted octanol–water partition coefficient (Wildman–Crippen LogP) is 6.49. The number of fused-ring (bicyclic) bond motifs is 1. The maximum absolute atomic E-state index is 12.3. The summed E-state index contributed by atoms with van der Waals surface area (Å²) in [6.07, 6.45) is 4.95. The van der Waals surface area contributed by atoms with Gasteiger partial charge in [0.25, 0.3) is 5.69 Å². The Morgan fingerprint density at radius 3 is 2.65 bits per heavy atom. The third-order valence-electron chi connectivity index (χ3n) is 4.85. The number of amides is 1. The third kappa shape index (κ3) is 5.55. The largest absolute Gasteiger partial charge is 0.444 e. The highest BCUT2D eigenvalue weighted by atomic mass is 32.2. The Kier molecular flexibility index (Phi) is 6.56. The molecule has 1 amide bonds. The first-order chi connectivity index (χ1) is 16.2. The molecule has 2 aromatic carbocycles. The monoisotopic (exact) mass is 476 g/mol. The highest BCUT2D eigenvalue weighted by Crippen LogP contribution is 2.40. The molecule has 34 heavy (non-hydrogen) atoms. The van der Waals surface area contributed by atoms with Crippen LogP contribution in [0.15, 0.2) is 83.0 Å². The number of benzene rings is 2. The summed E-state index contributed by atoms with van der Waals surface area (Å²) in [7, 11) is 0. The van der Waals surface area contributed by atoms with E-state index in [4.69, 9.17) is 4.74 Å². The molecule has 0 radical (unpaired) electrons. The molecule has 0 saturated heterocycles. The highest BCUT2D eigenvalue weighted by molar-refractivity contribution is 7.99. The van der Waals surface area contributed by atoms with E-state index in [0.717, 1.165) is 21.4 Å². The Labute approximate surface area is 201 Å². The number of hydrogen-bond donors (Lipinski definition) is 1. The van der Waals surface area contributed by atoms with Gasteiger partial charge in [-0.15, -0.1) is 0 Å². The van der Waals surface area contributed by atoms with Crippen LogP contribution >= 0.6 is 11.8 Å². The normalized spacial score (nSPS) is 11.4. The fraction of sp³-hybridized carbons (Fsp3) is 0.200. The Morgan fingerprint density at radius 1 is 1.15 bits per heavy atom. The van der Waals surface area contributed by atoms with Crippen molar-refractivity contribution in [2.75, 3.05) is 5.32 Å². The van der Waals surface area contributed by atoms with Crippen LogP contribution in [-0.2, 0) is 11.3 Å². The molecule has 2 heterocycles. The van der Waals surface area contributed by atoms with Crippen LogP contribution < -0.4 is 5.32 Å². The number of carbonyl (C=O) groups excluding carboxylic acids is 1. The molecule has 0 aliphatic rings. The number of aromatic nitrogens is 2. The molecule has 0 aliphatic heterocycles. The SMILES string of the molecule is CC(C)(C)OC(=O)Nc1ccc2c(Sc3ccccc3[N+](=O)[O-])cn(Cc3cccnc3)c2c1. The summed E-state index contributed by atoms with van der Waals surface area (Å²) < 4.78 is 7.41. The molecule has 2 aromatic heterocycles. The Morgan fingerprint density at radius 2 is 1.94 bits per heavy atom. The average Bonchev–Trinajstić information content (AvgIpc) is 3.09. The van der Waals surface area contributed by atoms with E-state index in [1.165, 1.54) is 17.8 Å². The van der Waals surface area contributed by atoms with Gasteiger partial charge in [-0.2, -0.15) is 0 Å². The standard InChI is InChI=1S/C25H24N4O4S/c1-25(2,3)33-24(30)27-18-10-11-19-21(13-18)28(15-17-7-6-12-26-14-17)16-23(19)34-22-9-5-4-8-20(22)29(31)32/h4-14,16H,15H2,1-3H3,(H,27,30). The van der Waals surface area contributed by atoms with Gasteiger partial charge in [0.1, 0.15) is 5.60 Å². The van der Waals surface area contributed by atoms with Gasteiger partial charge in [0.05, 0.1) is 15.3 Å². The van der Waals surface area contributed by atoms with Gasteiger partial charge in [0, 0.05) is 47.2 Å². The number of nitro groups is 1. The van der Waals surface area contributed by atoms with Crippen molar-refractivity contribution in [3.05, 3.63) is 88.9 Å². The minimum Gasteiger partial charge on any atom is -0.444 e. The van der Waals surface area contributed by atoms with Crippen LogP contribution in [0.25, 0.3) is 10.9 Å². The fourth-order valence-electron chi connectivity index (χ4n) is 3.47. The van der Waals surface area contributed by atoms with E-state index >= 15 is 0 Å². The maximum Gasteiger partial charge on any atom is 0.412 e. The van der Waals surface area contributed by atoms with Crippen LogP contribution in [0.4, 0.5) is 16.2 Å². The lowest BCUT2D eigenvalue weighted by atomic mass is 10.2. The minimum atomic E-state index is -0.608. The van der Waals surface area contributed by atoms with Gasteiger partial charge in [-0.05, 0) is 56.7 Å². The quantitative estimate of drug-likeness (QED) is 0.252. The molecule has 0 bridgehead atoms. The summed E-state index contributed by atoms with van der Waals surface area (Å²) in [5, 5.41) is 15.2. The summed E-state index contributed by atoms with van der Waals surface area (Å²) in [6.45, 7) is 5.97. The van der Waals surface area contributed by atoms with Crippen molar-refractivity contribution in [3.8, 4) is 0 Å². The van der Waals surface area contributed by atoms with E-state index in [-0.39, 0.29) is 10.6 Å². The molecule has 0 saturated carbocycles. The zero-order chi connectivity index (χ0) is 24.3. The van der Waals surface area contributed by atoms with Gasteiger partial charge in [-0.1, -0.05) is 30.0 Å². The number of anilines is 1. The van der Waals surface area contributed by atoms with Crippen LogP contribution in [0, 0.1) is 10.1 Å². The van der Waals surface area contributed by atoms with E-state index in [9.17, 15) is 14.9 Å². The first-order valence-corrected chi connectivity index (χ1v) is 11.4. The van der Waals surface area contributed by atoms with Crippen LogP contribution in [0.5, 0.6) is 0 Å². The van der Waals surface area contributed by atoms with Crippen molar-refractivity contribution >= 4 is 40.1 Å². The van der Waals surface area contributed by atoms with Crippen molar-refractivity contribution in [2.24, 2.45) is 0 Å². The number of carbonyl (C=O) groups is 1. The van der Waals surface area contributed by atoms with Gasteiger partial charge in [-0.25, -0.2) is 4.79 Å². The average molecular weight is 477 g/mol. The summed E-state index contributed by atoms with van der Waals surface area (Å²) in [5.41, 5.74) is 1.92. The second-order valence-corrected chi connectivity index (χ2v) is 9.75. The number of nitrogens with zero attached hydrogens (tertiary/aromatic N) is 3. The van der Waals surface area contributed by atoms with Crippen LogP contribution in [0.3, 0.4) is 0 Å². The summed E-state index contributed by atoms with van der Waals surface area (Å²) in [6, 6.07) is 16.1. The van der Waals surface area contributed by atoms with Crippen molar-refractivity contribution in [2.45, 2.75) is 42.7 Å². The number of pyridine rings is 1. The lowest BCUT2D eigenvalue weighted by Crippen LogP contribution is -2.27. The van der Waals surface area contributed by atoms with Gasteiger partial charge in [-0.3, -0.25) is 20.4 Å². The van der Waals surface area contributed by atoms with Gasteiger partial charge < -0.3 is 9.30 Å². The van der Waals surface area contributed by atoms with E-state index < -0.39 is 11.7 Å². The second-order valence-electron chi connectivity index (χ2n) is 8.67. The molecule has 0 fully saturated rings. The van der Waals surface area contributed by atoms with Crippen molar-refractivity contribution in [1.82, 2.24) is 9.55 Å². The topological polar surface area (TPSA) is 99.3 Å². The highest BCUT2D eigenvalue weighted by Gasteiger charge is 2.19. The summed E-state index contributed by atoms with van der Waals surface area (Å²) in [5.74, 6) is 0. The zero-order valence-corrected chi connectivity index (χ0v) is 19.8. The Hall–Kier alpha value is -3.85. The number of nitrogens with one attached hydrogen (secondary N) is 1. The molecule has 8 nitrogen and oxygen atoms in total. The van der Waals surface area contributed by atoms with Crippen LogP contribution in [0.1, 0.15) is 26.3 Å². The molecule has 0 atom stereocenters. The van der Waals surface area contributed by atoms with Gasteiger partial charge in [0.15, 0.2) is 0 Å². The maximum atomic E-state index is 12.3. The molecular formula is C25H24N4O4S. The molecule has 1 N–H and O–H groups in total. The first-order valence-electron chi connectivity index (χ1n) is 10.6. The molecule has 9 heteroatoms. The molecule has 174 valence electrons. The molecule has 0 unspecified atom stereocenters. The first kappa shape index (κ1) is 23.3. The number of ether oxygens (including phenoxy) is 1. The van der Waals surface area contributed by atoms with Crippen LogP contribution in [0.2, 0.25) is 0 Å². The van der Waals surface area contributed by atoms with E-state index in [1.54, 1.807) is 57.4 Å². The number of rotatable bonds is 6. The van der Waals surface area contributed by atoms with E-state index in [2.05, 4.69) is 10.3 Å². The van der Waals surface area contributed by atoms with E-state index in [1.807, 2.05) is 35.0 Å². The smallest absolute Gasteiger partial charge is 0.412 e.